The fourth-order valence-electron chi connectivity index (χ4n) is 2.84. The highest BCUT2D eigenvalue weighted by molar-refractivity contribution is 9.10. The number of hydrogen-bond donors (Lipinski definition) is 1. The summed E-state index contributed by atoms with van der Waals surface area (Å²) in [6, 6.07) is 13.0. The summed E-state index contributed by atoms with van der Waals surface area (Å²) in [6.45, 7) is 3.75. The second kappa shape index (κ2) is 11.2. The number of carbonyl (C=O) groups is 2. The van der Waals surface area contributed by atoms with Crippen molar-refractivity contribution in [1.29, 1.82) is 5.26 Å². The predicted molar refractivity (Wildman–Crippen MR) is 127 cm³/mol. The van der Waals surface area contributed by atoms with Gasteiger partial charge in [-0.25, -0.2) is 4.79 Å². The van der Waals surface area contributed by atoms with Crippen LogP contribution in [0.3, 0.4) is 0 Å². The fraction of sp³-hybridized carbons (Fsp3) is 0.167. The summed E-state index contributed by atoms with van der Waals surface area (Å²) in [4.78, 5) is 25.1. The van der Waals surface area contributed by atoms with Gasteiger partial charge in [-0.1, -0.05) is 5.16 Å². The highest BCUT2D eigenvalue weighted by atomic mass is 79.9. The first-order valence-corrected chi connectivity index (χ1v) is 10.8. The Morgan fingerprint density at radius 2 is 1.97 bits per heavy atom. The zero-order chi connectivity index (χ0) is 24.7. The number of aryl methyl sites for hydroxylation is 1. The largest absolute Gasteiger partial charge is 0.497 e. The molecule has 0 atom stereocenters. The third kappa shape index (κ3) is 6.02. The van der Waals surface area contributed by atoms with Gasteiger partial charge in [-0.3, -0.25) is 4.79 Å². The summed E-state index contributed by atoms with van der Waals surface area (Å²) >= 11 is 3.38. The van der Waals surface area contributed by atoms with Crippen molar-refractivity contribution in [3.63, 3.8) is 0 Å². The molecule has 10 heteroatoms. The summed E-state index contributed by atoms with van der Waals surface area (Å²) < 4.78 is 21.6. The molecule has 0 spiro atoms. The van der Waals surface area contributed by atoms with Gasteiger partial charge in [-0.2, -0.15) is 5.26 Å². The maximum atomic E-state index is 12.6. The minimum atomic E-state index is -0.653. The van der Waals surface area contributed by atoms with Crippen LogP contribution in [0.15, 0.2) is 57.0 Å². The second-order valence-electron chi connectivity index (χ2n) is 6.83. The van der Waals surface area contributed by atoms with Crippen LogP contribution in [-0.2, 0) is 4.79 Å². The second-order valence-corrected chi connectivity index (χ2v) is 7.68. The molecule has 0 radical (unpaired) electrons. The van der Waals surface area contributed by atoms with E-state index in [0.717, 1.165) is 0 Å². The number of amides is 1. The Morgan fingerprint density at radius 1 is 1.24 bits per heavy atom. The molecule has 9 nitrogen and oxygen atoms in total. The molecule has 0 aliphatic carbocycles. The molecule has 0 saturated heterocycles. The molecule has 0 aliphatic heterocycles. The molecule has 1 heterocycles. The Kier molecular flexibility index (Phi) is 8.05. The van der Waals surface area contributed by atoms with Gasteiger partial charge in [0.2, 0.25) is 0 Å². The number of nitriles is 1. The van der Waals surface area contributed by atoms with Crippen LogP contribution in [0, 0.1) is 18.3 Å². The van der Waals surface area contributed by atoms with Crippen LogP contribution in [0.1, 0.15) is 28.6 Å². The molecule has 174 valence electrons. The number of hydrogen-bond acceptors (Lipinski definition) is 8. The molecule has 1 amide bonds. The first-order valence-electron chi connectivity index (χ1n) is 10.0. The van der Waals surface area contributed by atoms with Crippen LogP contribution in [0.25, 0.3) is 6.08 Å². The van der Waals surface area contributed by atoms with Crippen LogP contribution >= 0.6 is 15.9 Å². The van der Waals surface area contributed by atoms with Gasteiger partial charge in [0, 0.05) is 6.07 Å². The number of halogens is 1. The molecule has 1 aromatic heterocycles. The summed E-state index contributed by atoms with van der Waals surface area (Å²) in [5.74, 6) is 0.506. The number of anilines is 1. The number of benzene rings is 2. The average Bonchev–Trinajstić information content (AvgIpc) is 3.24. The molecule has 0 bridgehead atoms. The van der Waals surface area contributed by atoms with Crippen LogP contribution in [0.4, 0.5) is 5.82 Å². The lowest BCUT2D eigenvalue weighted by molar-refractivity contribution is -0.112. The quantitative estimate of drug-likeness (QED) is 0.190. The number of rotatable bonds is 8. The highest BCUT2D eigenvalue weighted by Gasteiger charge is 2.18. The Balaban J connectivity index is 1.87. The fourth-order valence-corrected chi connectivity index (χ4v) is 3.38. The number of nitrogens with zero attached hydrogens (tertiary/aromatic N) is 2. The smallest absolute Gasteiger partial charge is 0.343 e. The van der Waals surface area contributed by atoms with Crippen molar-refractivity contribution in [1.82, 2.24) is 5.16 Å². The third-order valence-corrected chi connectivity index (χ3v) is 4.99. The number of carbonyl (C=O) groups excluding carboxylic acids is 2. The van der Waals surface area contributed by atoms with E-state index in [-0.39, 0.29) is 22.9 Å². The number of nitrogens with one attached hydrogen (secondary N) is 1. The van der Waals surface area contributed by atoms with Gasteiger partial charge in [0.05, 0.1) is 23.8 Å². The van der Waals surface area contributed by atoms with E-state index >= 15 is 0 Å². The average molecular weight is 526 g/mol. The summed E-state index contributed by atoms with van der Waals surface area (Å²) in [5, 5.41) is 15.7. The van der Waals surface area contributed by atoms with Crippen molar-refractivity contribution in [3.05, 3.63) is 69.4 Å². The summed E-state index contributed by atoms with van der Waals surface area (Å²) in [5.41, 5.74) is 0.631. The lowest BCUT2D eigenvalue weighted by Crippen LogP contribution is -2.13. The molecule has 0 aliphatic rings. The van der Waals surface area contributed by atoms with E-state index in [0.29, 0.717) is 33.7 Å². The van der Waals surface area contributed by atoms with E-state index in [4.69, 9.17) is 18.7 Å². The topological polar surface area (TPSA) is 124 Å². The van der Waals surface area contributed by atoms with Crippen molar-refractivity contribution in [2.45, 2.75) is 13.8 Å². The molecule has 0 saturated carbocycles. The van der Waals surface area contributed by atoms with E-state index < -0.39 is 11.9 Å². The number of ether oxygens (including phenoxy) is 3. The molecule has 0 unspecified atom stereocenters. The van der Waals surface area contributed by atoms with Crippen molar-refractivity contribution < 1.29 is 28.3 Å². The van der Waals surface area contributed by atoms with E-state index in [1.807, 2.05) is 6.07 Å². The van der Waals surface area contributed by atoms with Crippen LogP contribution < -0.4 is 19.5 Å². The Labute approximate surface area is 204 Å². The zero-order valence-electron chi connectivity index (χ0n) is 18.5. The maximum absolute atomic E-state index is 12.6. The molecule has 0 fully saturated rings. The van der Waals surface area contributed by atoms with E-state index in [2.05, 4.69) is 26.4 Å². The standard InChI is InChI=1S/C24H20BrN3O6/c1-4-32-20-12-15(10-17(13-26)23(29)27-21-9-14(2)34-28-21)11-19(25)22(20)33-24(30)16-5-7-18(31-3)8-6-16/h5-12H,4H2,1-3H3,(H,27,28,29). The van der Waals surface area contributed by atoms with Crippen LogP contribution in [0.2, 0.25) is 0 Å². The van der Waals surface area contributed by atoms with Gasteiger partial charge in [0.15, 0.2) is 17.3 Å². The summed E-state index contributed by atoms with van der Waals surface area (Å²) in [6.07, 6.45) is 1.38. The van der Waals surface area contributed by atoms with Crippen molar-refractivity contribution in [2.24, 2.45) is 0 Å². The van der Waals surface area contributed by atoms with Crippen molar-refractivity contribution in [2.75, 3.05) is 19.0 Å². The van der Waals surface area contributed by atoms with E-state index in [1.54, 1.807) is 50.2 Å². The lowest BCUT2D eigenvalue weighted by Gasteiger charge is -2.14. The SMILES string of the molecule is CCOc1cc(C=C(C#N)C(=O)Nc2cc(C)on2)cc(Br)c1OC(=O)c1ccc(OC)cc1. The molecule has 2 aromatic carbocycles. The normalized spacial score (nSPS) is 10.9. The van der Waals surface area contributed by atoms with Gasteiger partial charge in [0.25, 0.3) is 5.91 Å². The van der Waals surface area contributed by atoms with Crippen LogP contribution in [0.5, 0.6) is 17.2 Å². The van der Waals surface area contributed by atoms with Gasteiger partial charge in [-0.05, 0) is 77.8 Å². The van der Waals surface area contributed by atoms with Gasteiger partial charge in [-0.15, -0.1) is 0 Å². The van der Waals surface area contributed by atoms with Crippen LogP contribution in [-0.4, -0.2) is 30.7 Å². The van der Waals surface area contributed by atoms with Gasteiger partial charge < -0.3 is 24.1 Å². The highest BCUT2D eigenvalue weighted by Crippen LogP contribution is 2.38. The van der Waals surface area contributed by atoms with E-state index in [1.165, 1.54) is 19.3 Å². The van der Waals surface area contributed by atoms with Gasteiger partial charge in [0.1, 0.15) is 23.2 Å². The first-order chi connectivity index (χ1) is 16.3. The minimum Gasteiger partial charge on any atom is -0.497 e. The van der Waals surface area contributed by atoms with Gasteiger partial charge >= 0.3 is 5.97 Å². The lowest BCUT2D eigenvalue weighted by atomic mass is 10.1. The van der Waals surface area contributed by atoms with E-state index in [9.17, 15) is 14.9 Å². The third-order valence-electron chi connectivity index (χ3n) is 4.40. The maximum Gasteiger partial charge on any atom is 0.343 e. The molecule has 34 heavy (non-hydrogen) atoms. The monoisotopic (exact) mass is 525 g/mol. The molecule has 3 aromatic rings. The Morgan fingerprint density at radius 3 is 2.56 bits per heavy atom. The zero-order valence-corrected chi connectivity index (χ0v) is 20.1. The number of aromatic nitrogens is 1. The summed E-state index contributed by atoms with van der Waals surface area (Å²) in [7, 11) is 1.53. The Bertz CT molecular complexity index is 1270. The van der Waals surface area contributed by atoms with Crippen molar-refractivity contribution in [3.8, 4) is 23.3 Å². The predicted octanol–water partition coefficient (Wildman–Crippen LogP) is 4.92. The first kappa shape index (κ1) is 24.5. The molecular formula is C24H20BrN3O6. The molecule has 3 rings (SSSR count). The Hall–Kier alpha value is -4.10. The number of methoxy groups -OCH3 is 1. The number of esters is 1. The molecular weight excluding hydrogens is 506 g/mol. The van der Waals surface area contributed by atoms with Crippen molar-refractivity contribution >= 4 is 39.7 Å². The minimum absolute atomic E-state index is 0.167. The molecule has 1 N–H and O–H groups in total.